The van der Waals surface area contributed by atoms with Crippen LogP contribution in [0.15, 0.2) is 0 Å². The van der Waals surface area contributed by atoms with Crippen molar-refractivity contribution in [3.05, 3.63) is 0 Å². The lowest BCUT2D eigenvalue weighted by Crippen LogP contribution is -2.35. The molecule has 1 aliphatic rings. The Labute approximate surface area is 77.8 Å². The molecule has 1 N–H and O–H groups in total. The molecule has 4 nitrogen and oxygen atoms in total. The highest BCUT2D eigenvalue weighted by molar-refractivity contribution is 5.67. The Balaban J connectivity index is 2.55. The average molecular weight is 188 g/mol. The predicted molar refractivity (Wildman–Crippen MR) is 46.6 cm³/mol. The fraction of sp³-hybridized carbons (Fsp3) is 0.889. The van der Waals surface area contributed by atoms with Gasteiger partial charge in [-0.2, -0.15) is 0 Å². The van der Waals surface area contributed by atoms with Gasteiger partial charge >= 0.3 is 5.97 Å². The van der Waals surface area contributed by atoms with E-state index in [0.29, 0.717) is 19.8 Å². The number of ether oxygens (including phenoxy) is 2. The molecule has 0 radical (unpaired) electrons. The number of hydrogen-bond acceptors (Lipinski definition) is 3. The summed E-state index contributed by atoms with van der Waals surface area (Å²) >= 11 is 0. The molecule has 1 heterocycles. The van der Waals surface area contributed by atoms with Crippen LogP contribution in [0.4, 0.5) is 0 Å². The number of carboxylic acid groups (broad SMARTS) is 1. The first-order chi connectivity index (χ1) is 6.18. The lowest BCUT2D eigenvalue weighted by molar-refractivity contribution is -0.143. The van der Waals surface area contributed by atoms with Gasteiger partial charge in [-0.3, -0.25) is 4.79 Å². The average Bonchev–Trinajstić information content (AvgIpc) is 2.04. The molecule has 0 aromatic heterocycles. The standard InChI is InChI=1S/C9H16O4/c1-12-7-9(6-8(10)11)2-4-13-5-3-9/h2-7H2,1H3,(H,10,11). The third-order valence-corrected chi connectivity index (χ3v) is 2.53. The maximum atomic E-state index is 10.7. The summed E-state index contributed by atoms with van der Waals surface area (Å²) in [7, 11) is 1.61. The maximum Gasteiger partial charge on any atom is 0.303 e. The van der Waals surface area contributed by atoms with Crippen LogP contribution in [0.5, 0.6) is 0 Å². The van der Waals surface area contributed by atoms with Gasteiger partial charge in [0.05, 0.1) is 13.0 Å². The van der Waals surface area contributed by atoms with Crippen molar-refractivity contribution in [2.45, 2.75) is 19.3 Å². The number of hydrogen-bond donors (Lipinski definition) is 1. The lowest BCUT2D eigenvalue weighted by Gasteiger charge is -2.35. The van der Waals surface area contributed by atoms with Crippen LogP contribution in [0.1, 0.15) is 19.3 Å². The van der Waals surface area contributed by atoms with Crippen molar-refractivity contribution in [2.24, 2.45) is 5.41 Å². The van der Waals surface area contributed by atoms with Crippen LogP contribution in [-0.4, -0.2) is 38.0 Å². The second kappa shape index (κ2) is 4.58. The molecule has 0 atom stereocenters. The molecule has 76 valence electrons. The largest absolute Gasteiger partial charge is 0.481 e. The fourth-order valence-corrected chi connectivity index (χ4v) is 1.80. The zero-order chi connectivity index (χ0) is 9.73. The molecular weight excluding hydrogens is 172 g/mol. The fourth-order valence-electron chi connectivity index (χ4n) is 1.80. The minimum Gasteiger partial charge on any atom is -0.481 e. The van der Waals surface area contributed by atoms with E-state index in [9.17, 15) is 4.79 Å². The Morgan fingerprint density at radius 3 is 2.62 bits per heavy atom. The Morgan fingerprint density at radius 2 is 2.15 bits per heavy atom. The van der Waals surface area contributed by atoms with E-state index in [0.717, 1.165) is 12.8 Å². The zero-order valence-corrected chi connectivity index (χ0v) is 7.91. The lowest BCUT2D eigenvalue weighted by atomic mass is 9.78. The first kappa shape index (κ1) is 10.5. The molecule has 0 saturated carbocycles. The first-order valence-electron chi connectivity index (χ1n) is 4.47. The van der Waals surface area contributed by atoms with E-state index < -0.39 is 5.97 Å². The van der Waals surface area contributed by atoms with Crippen LogP contribution >= 0.6 is 0 Å². The van der Waals surface area contributed by atoms with Gasteiger partial charge in [-0.15, -0.1) is 0 Å². The van der Waals surface area contributed by atoms with Gasteiger partial charge in [0.25, 0.3) is 0 Å². The van der Waals surface area contributed by atoms with Gasteiger partial charge in [0.1, 0.15) is 0 Å². The third kappa shape index (κ3) is 2.97. The zero-order valence-electron chi connectivity index (χ0n) is 7.91. The van der Waals surface area contributed by atoms with Crippen molar-refractivity contribution < 1.29 is 19.4 Å². The Hall–Kier alpha value is -0.610. The minimum atomic E-state index is -0.751. The van der Waals surface area contributed by atoms with Crippen LogP contribution < -0.4 is 0 Å². The van der Waals surface area contributed by atoms with E-state index in [4.69, 9.17) is 14.6 Å². The quantitative estimate of drug-likeness (QED) is 0.712. The topological polar surface area (TPSA) is 55.8 Å². The molecular formula is C9H16O4. The Bertz CT molecular complexity index is 167. The summed E-state index contributed by atoms with van der Waals surface area (Å²) in [5.74, 6) is -0.751. The predicted octanol–water partition coefficient (Wildman–Crippen LogP) is 0.904. The van der Waals surface area contributed by atoms with Gasteiger partial charge < -0.3 is 14.6 Å². The van der Waals surface area contributed by atoms with Crippen LogP contribution in [0.3, 0.4) is 0 Å². The van der Waals surface area contributed by atoms with Gasteiger partial charge in [0, 0.05) is 25.7 Å². The van der Waals surface area contributed by atoms with Gasteiger partial charge in [-0.25, -0.2) is 0 Å². The van der Waals surface area contributed by atoms with Crippen LogP contribution in [0.2, 0.25) is 0 Å². The molecule has 0 spiro atoms. The summed E-state index contributed by atoms with van der Waals surface area (Å²) in [6.07, 6.45) is 1.75. The highest BCUT2D eigenvalue weighted by Gasteiger charge is 2.34. The molecule has 1 saturated heterocycles. The van der Waals surface area contributed by atoms with E-state index in [2.05, 4.69) is 0 Å². The summed E-state index contributed by atoms with van der Waals surface area (Å²) < 4.78 is 10.3. The third-order valence-electron chi connectivity index (χ3n) is 2.53. The molecule has 0 unspecified atom stereocenters. The number of aliphatic carboxylic acids is 1. The summed E-state index contributed by atoms with van der Waals surface area (Å²) in [5.41, 5.74) is -0.196. The van der Waals surface area contributed by atoms with E-state index >= 15 is 0 Å². The Morgan fingerprint density at radius 1 is 1.54 bits per heavy atom. The van der Waals surface area contributed by atoms with Crippen molar-refractivity contribution in [3.63, 3.8) is 0 Å². The van der Waals surface area contributed by atoms with Crippen molar-refractivity contribution in [2.75, 3.05) is 26.9 Å². The molecule has 0 aromatic rings. The summed E-state index contributed by atoms with van der Waals surface area (Å²) in [6, 6.07) is 0. The highest BCUT2D eigenvalue weighted by atomic mass is 16.5. The van der Waals surface area contributed by atoms with Crippen molar-refractivity contribution >= 4 is 5.97 Å². The van der Waals surface area contributed by atoms with E-state index in [1.54, 1.807) is 7.11 Å². The van der Waals surface area contributed by atoms with E-state index in [-0.39, 0.29) is 11.8 Å². The number of methoxy groups -OCH3 is 1. The molecule has 1 fully saturated rings. The normalized spacial score (nSPS) is 21.3. The number of carbonyl (C=O) groups is 1. The highest BCUT2D eigenvalue weighted by Crippen LogP contribution is 2.34. The molecule has 1 rings (SSSR count). The van der Waals surface area contributed by atoms with Gasteiger partial charge in [0.15, 0.2) is 0 Å². The summed E-state index contributed by atoms with van der Waals surface area (Å²) in [4.78, 5) is 10.7. The van der Waals surface area contributed by atoms with Crippen LogP contribution in [0.25, 0.3) is 0 Å². The second-order valence-corrected chi connectivity index (χ2v) is 3.62. The van der Waals surface area contributed by atoms with Gasteiger partial charge in [-0.05, 0) is 12.8 Å². The smallest absolute Gasteiger partial charge is 0.303 e. The van der Waals surface area contributed by atoms with Crippen LogP contribution in [0, 0.1) is 5.41 Å². The molecule has 0 aromatic carbocycles. The monoisotopic (exact) mass is 188 g/mol. The molecule has 0 bridgehead atoms. The van der Waals surface area contributed by atoms with Gasteiger partial charge in [-0.1, -0.05) is 0 Å². The summed E-state index contributed by atoms with van der Waals surface area (Å²) in [6.45, 7) is 1.82. The SMILES string of the molecule is COCC1(CC(=O)O)CCOCC1. The maximum absolute atomic E-state index is 10.7. The van der Waals surface area contributed by atoms with E-state index in [1.165, 1.54) is 0 Å². The first-order valence-corrected chi connectivity index (χ1v) is 4.47. The number of rotatable bonds is 4. The molecule has 4 heteroatoms. The van der Waals surface area contributed by atoms with Crippen molar-refractivity contribution in [1.82, 2.24) is 0 Å². The molecule has 0 aliphatic carbocycles. The molecule has 1 aliphatic heterocycles. The summed E-state index contributed by atoms with van der Waals surface area (Å²) in [5, 5.41) is 8.76. The van der Waals surface area contributed by atoms with Crippen LogP contribution in [-0.2, 0) is 14.3 Å². The Kier molecular flexibility index (Phi) is 3.69. The number of carboxylic acids is 1. The van der Waals surface area contributed by atoms with Crippen molar-refractivity contribution in [1.29, 1.82) is 0 Å². The molecule has 0 amide bonds. The molecule has 13 heavy (non-hydrogen) atoms. The van der Waals surface area contributed by atoms with Gasteiger partial charge in [0.2, 0.25) is 0 Å². The second-order valence-electron chi connectivity index (χ2n) is 3.62. The van der Waals surface area contributed by atoms with Crippen molar-refractivity contribution in [3.8, 4) is 0 Å². The minimum absolute atomic E-state index is 0.185. The van der Waals surface area contributed by atoms with E-state index in [1.807, 2.05) is 0 Å².